The van der Waals surface area contributed by atoms with Crippen molar-refractivity contribution in [2.75, 3.05) is 0 Å². The Morgan fingerprint density at radius 3 is 2.33 bits per heavy atom. The average molecular weight is 357 g/mol. The van der Waals surface area contributed by atoms with Gasteiger partial charge in [0.25, 0.3) is 0 Å². The lowest BCUT2D eigenvalue weighted by Gasteiger charge is -2.18. The summed E-state index contributed by atoms with van der Waals surface area (Å²) >= 11 is 0. The zero-order chi connectivity index (χ0) is 18.6. The van der Waals surface area contributed by atoms with Gasteiger partial charge >= 0.3 is 6.09 Å². The fourth-order valence-corrected chi connectivity index (χ4v) is 3.10. The van der Waals surface area contributed by atoms with Crippen LogP contribution in [0.1, 0.15) is 34.4 Å². The summed E-state index contributed by atoms with van der Waals surface area (Å²) in [7, 11) is 0. The number of hydrogen-bond acceptors (Lipinski definition) is 2. The maximum absolute atomic E-state index is 13.6. The number of rotatable bonds is 2. The van der Waals surface area contributed by atoms with Gasteiger partial charge < -0.3 is 10.1 Å². The van der Waals surface area contributed by atoms with Crippen molar-refractivity contribution in [1.82, 2.24) is 5.32 Å². The Hall–Kier alpha value is -3.58. The van der Waals surface area contributed by atoms with Gasteiger partial charge in [0.05, 0.1) is 6.04 Å². The molecule has 0 radical (unpaired) electrons. The highest BCUT2D eigenvalue weighted by Gasteiger charge is 2.36. The van der Waals surface area contributed by atoms with E-state index in [0.29, 0.717) is 5.56 Å². The Morgan fingerprint density at radius 2 is 1.52 bits per heavy atom. The van der Waals surface area contributed by atoms with Crippen LogP contribution in [0.5, 0.6) is 0 Å². The topological polar surface area (TPSA) is 38.3 Å². The second kappa shape index (κ2) is 7.35. The first-order valence-electron chi connectivity index (χ1n) is 8.59. The van der Waals surface area contributed by atoms with Gasteiger partial charge in [-0.25, -0.2) is 9.18 Å². The molecule has 0 saturated carbocycles. The largest absolute Gasteiger partial charge is 0.439 e. The lowest BCUT2D eigenvalue weighted by atomic mass is 9.95. The summed E-state index contributed by atoms with van der Waals surface area (Å²) in [5, 5.41) is 2.81. The van der Waals surface area contributed by atoms with Gasteiger partial charge in [0.2, 0.25) is 0 Å². The van der Waals surface area contributed by atoms with Gasteiger partial charge in [-0.15, -0.1) is 0 Å². The lowest BCUT2D eigenvalue weighted by Crippen LogP contribution is -2.19. The quantitative estimate of drug-likeness (QED) is 0.672. The zero-order valence-corrected chi connectivity index (χ0v) is 14.4. The molecule has 4 rings (SSSR count). The minimum Gasteiger partial charge on any atom is -0.439 e. The van der Waals surface area contributed by atoms with Gasteiger partial charge in [-0.1, -0.05) is 54.3 Å². The van der Waals surface area contributed by atoms with E-state index in [1.807, 2.05) is 54.6 Å². The van der Waals surface area contributed by atoms with Crippen LogP contribution in [0.15, 0.2) is 78.9 Å². The highest BCUT2D eigenvalue weighted by atomic mass is 19.1. The fraction of sp³-hybridized carbons (Fsp3) is 0.0870. The molecule has 1 aliphatic rings. The molecule has 1 fully saturated rings. The van der Waals surface area contributed by atoms with Crippen molar-refractivity contribution in [3.8, 4) is 11.8 Å². The number of hydrogen-bond donors (Lipinski definition) is 1. The molecule has 1 saturated heterocycles. The van der Waals surface area contributed by atoms with E-state index < -0.39 is 18.2 Å². The van der Waals surface area contributed by atoms with Crippen LogP contribution < -0.4 is 5.32 Å². The number of cyclic esters (lactones) is 1. The van der Waals surface area contributed by atoms with Crippen LogP contribution in [0, 0.1) is 17.7 Å². The van der Waals surface area contributed by atoms with E-state index in [9.17, 15) is 9.18 Å². The van der Waals surface area contributed by atoms with Gasteiger partial charge in [0, 0.05) is 11.1 Å². The number of ether oxygens (including phenoxy) is 1. The van der Waals surface area contributed by atoms with Crippen molar-refractivity contribution in [3.05, 3.63) is 107 Å². The molecular formula is C23H16FNO2. The molecule has 0 aromatic heterocycles. The Morgan fingerprint density at radius 1 is 0.815 bits per heavy atom. The molecule has 1 aliphatic heterocycles. The van der Waals surface area contributed by atoms with Crippen molar-refractivity contribution < 1.29 is 13.9 Å². The first-order valence-corrected chi connectivity index (χ1v) is 8.59. The van der Waals surface area contributed by atoms with Crippen LogP contribution in [0.3, 0.4) is 0 Å². The molecule has 0 spiro atoms. The molecule has 4 heteroatoms. The molecule has 3 aromatic rings. The van der Waals surface area contributed by atoms with Crippen molar-refractivity contribution in [2.24, 2.45) is 0 Å². The van der Waals surface area contributed by atoms with Crippen molar-refractivity contribution >= 4 is 6.09 Å². The summed E-state index contributed by atoms with van der Waals surface area (Å²) in [6.45, 7) is 0. The molecule has 0 aliphatic carbocycles. The Labute approximate surface area is 156 Å². The predicted octanol–water partition coefficient (Wildman–Crippen LogP) is 4.75. The van der Waals surface area contributed by atoms with Gasteiger partial charge in [-0.2, -0.15) is 0 Å². The number of carbonyl (C=O) groups excluding carboxylic acids is 1. The third kappa shape index (κ3) is 3.83. The van der Waals surface area contributed by atoms with Crippen molar-refractivity contribution in [2.45, 2.75) is 12.1 Å². The summed E-state index contributed by atoms with van der Waals surface area (Å²) in [5.41, 5.74) is 3.22. The molecule has 1 heterocycles. The molecule has 1 amide bonds. The fourth-order valence-electron chi connectivity index (χ4n) is 3.10. The molecule has 27 heavy (non-hydrogen) atoms. The molecule has 0 bridgehead atoms. The van der Waals surface area contributed by atoms with Gasteiger partial charge in [0.1, 0.15) is 5.82 Å². The van der Waals surface area contributed by atoms with E-state index in [4.69, 9.17) is 4.74 Å². The lowest BCUT2D eigenvalue weighted by molar-refractivity contribution is 0.132. The van der Waals surface area contributed by atoms with Gasteiger partial charge in [0.15, 0.2) is 6.10 Å². The summed E-state index contributed by atoms with van der Waals surface area (Å²) in [4.78, 5) is 11.8. The van der Waals surface area contributed by atoms with Gasteiger partial charge in [-0.05, 0) is 47.5 Å². The minimum absolute atomic E-state index is 0.364. The van der Waals surface area contributed by atoms with E-state index in [1.165, 1.54) is 12.1 Å². The summed E-state index contributed by atoms with van der Waals surface area (Å²) < 4.78 is 19.0. The molecule has 2 unspecified atom stereocenters. The number of nitrogens with one attached hydrogen (secondary N) is 1. The van der Waals surface area contributed by atoms with E-state index >= 15 is 0 Å². The normalized spacial score (nSPS) is 18.2. The number of carbonyl (C=O) groups is 1. The zero-order valence-electron chi connectivity index (χ0n) is 14.4. The van der Waals surface area contributed by atoms with E-state index in [0.717, 1.165) is 16.7 Å². The second-order valence-electron chi connectivity index (χ2n) is 6.24. The first kappa shape index (κ1) is 16.9. The summed E-state index contributed by atoms with van der Waals surface area (Å²) in [6, 6.07) is 23.0. The number of benzene rings is 3. The molecule has 1 N–H and O–H groups in total. The molecular weight excluding hydrogens is 341 g/mol. The third-order valence-electron chi connectivity index (χ3n) is 4.36. The predicted molar refractivity (Wildman–Crippen MR) is 100 cm³/mol. The van der Waals surface area contributed by atoms with E-state index in [1.54, 1.807) is 12.1 Å². The van der Waals surface area contributed by atoms with Gasteiger partial charge in [-0.3, -0.25) is 0 Å². The van der Waals surface area contributed by atoms with E-state index in [2.05, 4.69) is 17.2 Å². The van der Waals surface area contributed by atoms with Crippen LogP contribution in [0.2, 0.25) is 0 Å². The number of alkyl carbamates (subject to hydrolysis) is 1. The second-order valence-corrected chi connectivity index (χ2v) is 6.24. The maximum Gasteiger partial charge on any atom is 0.408 e. The maximum atomic E-state index is 13.6. The van der Waals surface area contributed by atoms with E-state index in [-0.39, 0.29) is 5.82 Å². The monoisotopic (exact) mass is 357 g/mol. The molecule has 3 aromatic carbocycles. The highest BCUT2D eigenvalue weighted by Crippen LogP contribution is 2.36. The standard InChI is InChI=1S/C23H16FNO2/c24-20-11-5-10-19(15-20)22-21(25-23(26)27-22)18-9-4-8-17(14-18)13-12-16-6-2-1-3-7-16/h1-11,14-15,21-22H,(H,25,26). The highest BCUT2D eigenvalue weighted by molar-refractivity contribution is 5.71. The van der Waals surface area contributed by atoms with Crippen molar-refractivity contribution in [3.63, 3.8) is 0 Å². The van der Waals surface area contributed by atoms with Crippen LogP contribution in [-0.4, -0.2) is 6.09 Å². The molecule has 3 nitrogen and oxygen atoms in total. The first-order chi connectivity index (χ1) is 13.2. The van der Waals surface area contributed by atoms with Crippen LogP contribution in [0.25, 0.3) is 0 Å². The minimum atomic E-state index is -0.592. The smallest absolute Gasteiger partial charge is 0.408 e. The third-order valence-corrected chi connectivity index (χ3v) is 4.36. The number of halogens is 1. The molecule has 2 atom stereocenters. The van der Waals surface area contributed by atoms with Crippen LogP contribution >= 0.6 is 0 Å². The van der Waals surface area contributed by atoms with Crippen LogP contribution in [0.4, 0.5) is 9.18 Å². The SMILES string of the molecule is O=C1NC(c2cccc(C#Cc3ccccc3)c2)C(c2cccc(F)c2)O1. The Bertz CT molecular complexity index is 1040. The average Bonchev–Trinajstić information content (AvgIpc) is 3.09. The van der Waals surface area contributed by atoms with Crippen LogP contribution in [-0.2, 0) is 4.74 Å². The Balaban J connectivity index is 1.64. The number of amides is 1. The molecule has 132 valence electrons. The summed E-state index contributed by atoms with van der Waals surface area (Å²) in [5.74, 6) is 5.89. The summed E-state index contributed by atoms with van der Waals surface area (Å²) in [6.07, 6.45) is -1.11. The van der Waals surface area contributed by atoms with Crippen molar-refractivity contribution in [1.29, 1.82) is 0 Å². The Kier molecular flexibility index (Phi) is 4.59.